The number of rotatable bonds is 7. The van der Waals surface area contributed by atoms with Crippen LogP contribution in [0.3, 0.4) is 0 Å². The summed E-state index contributed by atoms with van der Waals surface area (Å²) < 4.78 is 69.6. The first-order valence-corrected chi connectivity index (χ1v) is 9.56. The van der Waals surface area contributed by atoms with Gasteiger partial charge < -0.3 is 4.74 Å². The molecule has 0 aromatic heterocycles. The summed E-state index contributed by atoms with van der Waals surface area (Å²) in [6, 6.07) is 3.45. The smallest absolute Gasteiger partial charge is 0.378 e. The van der Waals surface area contributed by atoms with Crippen LogP contribution < -0.4 is 4.72 Å². The van der Waals surface area contributed by atoms with Gasteiger partial charge in [-0.3, -0.25) is 0 Å². The molecule has 1 aliphatic rings. The number of benzene rings is 1. The number of hydrogen-bond acceptors (Lipinski definition) is 3. The Balaban J connectivity index is 1.76. The first kappa shape index (κ1) is 19.2. The Morgan fingerprint density at radius 1 is 1.08 bits per heavy atom. The Hall–Kier alpha value is -1.12. The van der Waals surface area contributed by atoms with Crippen LogP contribution in [0.5, 0.6) is 0 Å². The molecule has 8 heteroatoms. The third-order valence-corrected chi connectivity index (χ3v) is 5.49. The third-order valence-electron chi connectivity index (χ3n) is 4.01. The molecule has 24 heavy (non-hydrogen) atoms. The van der Waals surface area contributed by atoms with E-state index in [1.165, 1.54) is 19.3 Å². The number of hydrogen-bond donors (Lipinski definition) is 1. The number of halogens is 3. The molecule has 0 saturated heterocycles. The van der Waals surface area contributed by atoms with Gasteiger partial charge in [0, 0.05) is 13.2 Å². The first-order chi connectivity index (χ1) is 11.3. The molecular weight excluding hydrogens is 343 g/mol. The van der Waals surface area contributed by atoms with Gasteiger partial charge in [-0.1, -0.05) is 19.3 Å². The van der Waals surface area contributed by atoms with Gasteiger partial charge in [0.2, 0.25) is 10.0 Å². The molecule has 1 aliphatic carbocycles. The summed E-state index contributed by atoms with van der Waals surface area (Å²) >= 11 is 0. The van der Waals surface area contributed by atoms with Crippen molar-refractivity contribution in [2.24, 2.45) is 0 Å². The Labute approximate surface area is 140 Å². The Morgan fingerprint density at radius 2 is 1.71 bits per heavy atom. The summed E-state index contributed by atoms with van der Waals surface area (Å²) in [6.07, 6.45) is 2.01. The highest BCUT2D eigenvalue weighted by atomic mass is 32.2. The van der Waals surface area contributed by atoms with Crippen LogP contribution in [0.4, 0.5) is 13.2 Å². The molecule has 0 bridgehead atoms. The molecule has 136 valence electrons. The van der Waals surface area contributed by atoms with Crippen molar-refractivity contribution >= 4 is 10.0 Å². The van der Waals surface area contributed by atoms with Gasteiger partial charge in [0.1, 0.15) is 0 Å². The van der Waals surface area contributed by atoms with Gasteiger partial charge in [-0.15, -0.1) is 0 Å². The van der Waals surface area contributed by atoms with Gasteiger partial charge in [0.15, 0.2) is 0 Å². The zero-order valence-electron chi connectivity index (χ0n) is 13.3. The van der Waals surface area contributed by atoms with Crippen LogP contribution in [0.1, 0.15) is 44.1 Å². The first-order valence-electron chi connectivity index (χ1n) is 8.07. The second-order valence-electron chi connectivity index (χ2n) is 5.90. The van der Waals surface area contributed by atoms with Crippen LogP contribution in [-0.2, 0) is 20.9 Å². The fourth-order valence-electron chi connectivity index (χ4n) is 2.67. The maximum Gasteiger partial charge on any atom is 0.416 e. The van der Waals surface area contributed by atoms with Gasteiger partial charge in [-0.05, 0) is 43.5 Å². The topological polar surface area (TPSA) is 55.4 Å². The van der Waals surface area contributed by atoms with E-state index in [0.717, 1.165) is 37.1 Å². The maximum atomic E-state index is 12.5. The quantitative estimate of drug-likeness (QED) is 0.749. The highest BCUT2D eigenvalue weighted by Gasteiger charge is 2.30. The number of sulfonamides is 1. The summed E-state index contributed by atoms with van der Waals surface area (Å²) in [5, 5.41) is 0. The highest BCUT2D eigenvalue weighted by molar-refractivity contribution is 7.89. The average molecular weight is 365 g/mol. The van der Waals surface area contributed by atoms with E-state index < -0.39 is 21.8 Å². The fraction of sp³-hybridized carbons (Fsp3) is 0.625. The van der Waals surface area contributed by atoms with Crippen LogP contribution in [0.15, 0.2) is 29.2 Å². The lowest BCUT2D eigenvalue weighted by Gasteiger charge is -2.21. The molecule has 2 rings (SSSR count). The van der Waals surface area contributed by atoms with Crippen LogP contribution in [0.2, 0.25) is 0 Å². The summed E-state index contributed by atoms with van der Waals surface area (Å²) in [7, 11) is -3.80. The Kier molecular flexibility index (Phi) is 6.65. The molecule has 0 radical (unpaired) electrons. The van der Waals surface area contributed by atoms with Crippen molar-refractivity contribution in [3.8, 4) is 0 Å². The molecule has 0 spiro atoms. The van der Waals surface area contributed by atoms with Crippen molar-refractivity contribution in [2.45, 2.75) is 55.7 Å². The summed E-state index contributed by atoms with van der Waals surface area (Å²) in [5.74, 6) is 0. The van der Waals surface area contributed by atoms with Crippen LogP contribution in [0.25, 0.3) is 0 Å². The number of ether oxygens (including phenoxy) is 1. The normalized spacial score (nSPS) is 17.1. The van der Waals surface area contributed by atoms with Crippen LogP contribution in [0, 0.1) is 0 Å². The molecule has 0 heterocycles. The lowest BCUT2D eigenvalue weighted by Crippen LogP contribution is -2.26. The predicted octanol–water partition coefficient (Wildman–Crippen LogP) is 3.72. The maximum absolute atomic E-state index is 12.5. The average Bonchev–Trinajstić information content (AvgIpc) is 2.55. The molecule has 1 aromatic carbocycles. The minimum Gasteiger partial charge on any atom is -0.378 e. The van der Waals surface area contributed by atoms with Gasteiger partial charge >= 0.3 is 6.18 Å². The molecule has 0 amide bonds. The van der Waals surface area contributed by atoms with Crippen molar-refractivity contribution in [2.75, 3.05) is 13.2 Å². The molecule has 0 unspecified atom stereocenters. The molecule has 0 atom stereocenters. The van der Waals surface area contributed by atoms with E-state index in [1.807, 2.05) is 0 Å². The molecule has 1 aromatic rings. The molecule has 1 fully saturated rings. The van der Waals surface area contributed by atoms with E-state index in [9.17, 15) is 21.6 Å². The zero-order chi connectivity index (χ0) is 17.6. The van der Waals surface area contributed by atoms with Crippen molar-refractivity contribution in [3.63, 3.8) is 0 Å². The van der Waals surface area contributed by atoms with Gasteiger partial charge in [0.25, 0.3) is 0 Å². The van der Waals surface area contributed by atoms with Crippen LogP contribution in [-0.4, -0.2) is 27.7 Å². The summed E-state index contributed by atoms with van der Waals surface area (Å²) in [5.41, 5.74) is -0.873. The zero-order valence-corrected chi connectivity index (χ0v) is 14.1. The predicted molar refractivity (Wildman–Crippen MR) is 84.1 cm³/mol. The van der Waals surface area contributed by atoms with E-state index in [2.05, 4.69) is 4.72 Å². The summed E-state index contributed by atoms with van der Waals surface area (Å²) in [6.45, 7) is 0.663. The SMILES string of the molecule is O=S(=O)(NCCCOC1CCCCC1)c1ccc(C(F)(F)F)cc1. The number of alkyl halides is 3. The van der Waals surface area contributed by atoms with Gasteiger partial charge in [-0.2, -0.15) is 13.2 Å². The van der Waals surface area contributed by atoms with Crippen molar-refractivity contribution in [3.05, 3.63) is 29.8 Å². The van der Waals surface area contributed by atoms with E-state index in [4.69, 9.17) is 4.74 Å². The second kappa shape index (κ2) is 8.31. The molecule has 4 nitrogen and oxygen atoms in total. The largest absolute Gasteiger partial charge is 0.416 e. The second-order valence-corrected chi connectivity index (χ2v) is 7.67. The van der Waals surface area contributed by atoms with E-state index in [0.29, 0.717) is 13.0 Å². The minimum absolute atomic E-state index is 0.177. The van der Waals surface area contributed by atoms with Gasteiger partial charge in [-0.25, -0.2) is 13.1 Å². The lowest BCUT2D eigenvalue weighted by atomic mass is 9.98. The standard InChI is InChI=1S/C16H22F3NO3S/c17-16(18,19)13-7-9-15(10-8-13)24(21,22)20-11-4-12-23-14-5-2-1-3-6-14/h7-10,14,20H,1-6,11-12H2. The van der Waals surface area contributed by atoms with Crippen molar-refractivity contribution in [1.82, 2.24) is 4.72 Å². The minimum atomic E-state index is -4.48. The van der Waals surface area contributed by atoms with E-state index in [-0.39, 0.29) is 17.5 Å². The molecular formula is C16H22F3NO3S. The summed E-state index contributed by atoms with van der Waals surface area (Å²) in [4.78, 5) is -0.177. The van der Waals surface area contributed by atoms with Crippen molar-refractivity contribution < 1.29 is 26.3 Å². The number of nitrogens with one attached hydrogen (secondary N) is 1. The van der Waals surface area contributed by atoms with Crippen LogP contribution >= 0.6 is 0 Å². The Bertz CT molecular complexity index is 608. The van der Waals surface area contributed by atoms with Crippen molar-refractivity contribution in [1.29, 1.82) is 0 Å². The van der Waals surface area contributed by atoms with E-state index >= 15 is 0 Å². The van der Waals surface area contributed by atoms with E-state index in [1.54, 1.807) is 0 Å². The lowest BCUT2D eigenvalue weighted by molar-refractivity contribution is -0.137. The monoisotopic (exact) mass is 365 g/mol. The molecule has 0 aliphatic heterocycles. The fourth-order valence-corrected chi connectivity index (χ4v) is 3.74. The molecule has 1 N–H and O–H groups in total. The Morgan fingerprint density at radius 3 is 2.29 bits per heavy atom. The van der Waals surface area contributed by atoms with Gasteiger partial charge in [0.05, 0.1) is 16.6 Å². The third kappa shape index (κ3) is 5.75. The molecule has 1 saturated carbocycles. The highest BCUT2D eigenvalue weighted by Crippen LogP contribution is 2.29.